The van der Waals surface area contributed by atoms with Gasteiger partial charge in [0.25, 0.3) is 0 Å². The molecule has 2 aliphatic rings. The molecule has 1 atom stereocenters. The van der Waals surface area contributed by atoms with Crippen molar-refractivity contribution in [3.05, 3.63) is 95.3 Å². The molecule has 17 nitrogen and oxygen atoms in total. The Kier molecular flexibility index (Phi) is 20.0. The van der Waals surface area contributed by atoms with Gasteiger partial charge in [-0.2, -0.15) is 0 Å². The van der Waals surface area contributed by atoms with E-state index in [0.29, 0.717) is 109 Å². The summed E-state index contributed by atoms with van der Waals surface area (Å²) in [6.45, 7) is 13.5. The second-order valence-electron chi connectivity index (χ2n) is 17.1. The SMILES string of the molecule is C=C(Oc1cc(C2=CC(=O)COc3c2cc(OC)c(OC)c3OC)ccc1OC)C(CC(=O)OC(C)(C)C)CC(C)C.CN.COc1ccc(C2=CC(=O)COc3c2cc(OC)c(OC)c3OC)cc1O. The lowest BCUT2D eigenvalue weighted by atomic mass is 9.92. The van der Waals surface area contributed by atoms with Crippen LogP contribution in [0.2, 0.25) is 0 Å². The third-order valence-electron chi connectivity index (χ3n) is 10.7. The molecule has 3 N–H and O–H groups in total. The molecule has 6 rings (SSSR count). The molecule has 17 heteroatoms. The molecule has 0 radical (unpaired) electrons. The van der Waals surface area contributed by atoms with Gasteiger partial charge in [-0.15, -0.1) is 0 Å². The number of carbonyl (C=O) groups is 3. The topological polar surface area (TPSA) is 208 Å². The van der Waals surface area contributed by atoms with Crippen LogP contribution in [0.5, 0.6) is 69.0 Å². The quantitative estimate of drug-likeness (QED) is 0.0748. The summed E-state index contributed by atoms with van der Waals surface area (Å²) in [6.07, 6.45) is 3.79. The Balaban J connectivity index is 0.000000324. The second-order valence-corrected chi connectivity index (χ2v) is 17.1. The Labute approximate surface area is 415 Å². The highest BCUT2D eigenvalue weighted by Crippen LogP contribution is 2.52. The monoisotopic (exact) mass is 985 g/mol. The maximum atomic E-state index is 12.8. The van der Waals surface area contributed by atoms with Crippen LogP contribution in [0.3, 0.4) is 0 Å². The fraction of sp³-hybridized carbons (Fsp3) is 0.389. The molecular weight excluding hydrogens is 919 g/mol. The number of ether oxygens (including phenoxy) is 12. The first-order valence-corrected chi connectivity index (χ1v) is 22.5. The molecule has 2 heterocycles. The number of esters is 1. The lowest BCUT2D eigenvalue weighted by Gasteiger charge is -2.25. The minimum atomic E-state index is -0.599. The van der Waals surface area contributed by atoms with Crippen LogP contribution in [0.25, 0.3) is 11.1 Å². The van der Waals surface area contributed by atoms with Crippen LogP contribution in [0.1, 0.15) is 69.7 Å². The smallest absolute Gasteiger partial charge is 0.307 e. The standard InChI is InChI=1S/C33H42O9.C20H20O7.CH5N/c1-19(2)13-22(15-29(35)42-33(4,5)6)20(3)41-27-14-21(11-12-26(27)36-7)24-16-23(34)18-40-30-25(24)17-28(37-8)31(38-9)32(30)39-10;1-23-16-6-5-11(7-15(16)22)13-8-12(21)10-27-18-14(13)9-17(24-2)19(25-3)20(18)26-4;1-2/h11-12,14,16-17,19,22H,3,13,15,18H2,1-2,4-10H3;5-9,22H,10H2,1-4H3;2H2,1H3. The lowest BCUT2D eigenvalue weighted by Crippen LogP contribution is -2.26. The summed E-state index contributed by atoms with van der Waals surface area (Å²) in [7, 11) is 13.5. The number of carbonyl (C=O) groups excluding carboxylic acids is 3. The molecule has 2 aliphatic heterocycles. The number of aromatic hydroxyl groups is 1. The molecule has 1 unspecified atom stereocenters. The van der Waals surface area contributed by atoms with E-state index >= 15 is 0 Å². The minimum absolute atomic E-state index is 0.0393. The van der Waals surface area contributed by atoms with Gasteiger partial charge in [-0.1, -0.05) is 32.6 Å². The highest BCUT2D eigenvalue weighted by Gasteiger charge is 2.31. The highest BCUT2D eigenvalue weighted by atomic mass is 16.6. The van der Waals surface area contributed by atoms with Crippen molar-refractivity contribution in [3.8, 4) is 69.0 Å². The fourth-order valence-corrected chi connectivity index (χ4v) is 7.76. The summed E-state index contributed by atoms with van der Waals surface area (Å²) < 4.78 is 67.1. The molecule has 71 heavy (non-hydrogen) atoms. The summed E-state index contributed by atoms with van der Waals surface area (Å²) in [4.78, 5) is 37.8. The van der Waals surface area contributed by atoms with Crippen LogP contribution in [0.15, 0.2) is 73.0 Å². The first kappa shape index (κ1) is 56.1. The van der Waals surface area contributed by atoms with E-state index in [1.54, 1.807) is 36.4 Å². The Morgan fingerprint density at radius 1 is 0.634 bits per heavy atom. The van der Waals surface area contributed by atoms with Crippen LogP contribution in [-0.4, -0.2) is 105 Å². The summed E-state index contributed by atoms with van der Waals surface area (Å²) in [6, 6.07) is 13.7. The number of hydrogen-bond donors (Lipinski definition) is 2. The van der Waals surface area contributed by atoms with Gasteiger partial charge >= 0.3 is 5.97 Å². The average molecular weight is 986 g/mol. The summed E-state index contributed by atoms with van der Waals surface area (Å²) in [5, 5.41) is 10.2. The van der Waals surface area contributed by atoms with Gasteiger partial charge in [0.05, 0.1) is 63.3 Å². The average Bonchev–Trinajstić information content (AvgIpc) is 3.62. The number of ketones is 2. The first-order valence-electron chi connectivity index (χ1n) is 22.5. The van der Waals surface area contributed by atoms with Gasteiger partial charge in [-0.3, -0.25) is 14.4 Å². The predicted molar refractivity (Wildman–Crippen MR) is 268 cm³/mol. The summed E-state index contributed by atoms with van der Waals surface area (Å²) in [5.41, 5.74) is 7.46. The van der Waals surface area contributed by atoms with Crippen molar-refractivity contribution in [1.29, 1.82) is 0 Å². The largest absolute Gasteiger partial charge is 0.504 e. The van der Waals surface area contributed by atoms with Crippen LogP contribution in [0, 0.1) is 11.8 Å². The molecule has 384 valence electrons. The van der Waals surface area contributed by atoms with E-state index in [1.165, 1.54) is 82.1 Å². The minimum Gasteiger partial charge on any atom is -0.504 e. The van der Waals surface area contributed by atoms with Crippen LogP contribution in [0.4, 0.5) is 0 Å². The molecule has 0 aliphatic carbocycles. The number of fused-ring (bicyclic) bond motifs is 2. The highest BCUT2D eigenvalue weighted by molar-refractivity contribution is 6.05. The summed E-state index contributed by atoms with van der Waals surface area (Å²) in [5.74, 6) is 3.65. The molecule has 0 amide bonds. The van der Waals surface area contributed by atoms with Crippen molar-refractivity contribution < 1.29 is 76.3 Å². The maximum Gasteiger partial charge on any atom is 0.307 e. The Bertz CT molecular complexity index is 2620. The van der Waals surface area contributed by atoms with Gasteiger partial charge < -0.3 is 67.7 Å². The normalized spacial score (nSPS) is 13.1. The second kappa shape index (κ2) is 25.4. The van der Waals surface area contributed by atoms with E-state index in [9.17, 15) is 19.5 Å². The van der Waals surface area contributed by atoms with Crippen molar-refractivity contribution >= 4 is 28.7 Å². The Morgan fingerprint density at radius 3 is 1.46 bits per heavy atom. The molecule has 0 spiro atoms. The van der Waals surface area contributed by atoms with Crippen LogP contribution >= 0.6 is 0 Å². The molecule has 0 fully saturated rings. The summed E-state index contributed by atoms with van der Waals surface area (Å²) >= 11 is 0. The van der Waals surface area contributed by atoms with Gasteiger partial charge in [0.1, 0.15) is 11.4 Å². The van der Waals surface area contributed by atoms with Crippen molar-refractivity contribution in [2.45, 2.75) is 53.1 Å². The zero-order valence-electron chi connectivity index (χ0n) is 43.1. The van der Waals surface area contributed by atoms with E-state index in [1.807, 2.05) is 26.8 Å². The third-order valence-corrected chi connectivity index (χ3v) is 10.7. The Hall–Kier alpha value is -7.53. The molecule has 4 aromatic rings. The lowest BCUT2D eigenvalue weighted by molar-refractivity contribution is -0.156. The number of phenols is 1. The van der Waals surface area contributed by atoms with Gasteiger partial charge in [-0.05, 0) is 111 Å². The van der Waals surface area contributed by atoms with E-state index in [-0.39, 0.29) is 54.8 Å². The van der Waals surface area contributed by atoms with E-state index < -0.39 is 5.60 Å². The van der Waals surface area contributed by atoms with Crippen molar-refractivity contribution in [2.24, 2.45) is 17.6 Å². The maximum absolute atomic E-state index is 12.8. The number of allylic oxidation sites excluding steroid dienone is 1. The number of benzene rings is 4. The number of nitrogens with two attached hydrogens (primary N) is 1. The molecule has 0 saturated carbocycles. The van der Waals surface area contributed by atoms with Crippen LogP contribution < -0.4 is 57.8 Å². The van der Waals surface area contributed by atoms with Gasteiger partial charge in [0.15, 0.2) is 70.8 Å². The van der Waals surface area contributed by atoms with Crippen molar-refractivity contribution in [1.82, 2.24) is 0 Å². The Morgan fingerprint density at radius 2 is 1.07 bits per heavy atom. The van der Waals surface area contributed by atoms with Gasteiger partial charge in [-0.25, -0.2) is 0 Å². The zero-order valence-corrected chi connectivity index (χ0v) is 43.1. The molecule has 4 aromatic carbocycles. The number of rotatable bonds is 17. The molecule has 0 bridgehead atoms. The van der Waals surface area contributed by atoms with Gasteiger partial charge in [0.2, 0.25) is 23.0 Å². The number of phenolic OH excluding ortho intramolecular Hbond substituents is 1. The number of hydrogen-bond acceptors (Lipinski definition) is 17. The van der Waals surface area contributed by atoms with E-state index in [0.717, 1.165) is 0 Å². The predicted octanol–water partition coefficient (Wildman–Crippen LogP) is 8.80. The first-order chi connectivity index (χ1) is 33.8. The molecule has 0 saturated heterocycles. The molecule has 0 aromatic heterocycles. The van der Waals surface area contributed by atoms with Crippen molar-refractivity contribution in [2.75, 3.05) is 77.1 Å². The number of methoxy groups -OCH3 is 8. The fourth-order valence-electron chi connectivity index (χ4n) is 7.76. The third kappa shape index (κ3) is 13.6. The van der Waals surface area contributed by atoms with Crippen molar-refractivity contribution in [3.63, 3.8) is 0 Å². The van der Waals surface area contributed by atoms with Gasteiger partial charge in [0, 0.05) is 17.0 Å². The zero-order chi connectivity index (χ0) is 52.7. The van der Waals surface area contributed by atoms with E-state index in [2.05, 4.69) is 26.2 Å². The van der Waals surface area contributed by atoms with Crippen LogP contribution in [-0.2, 0) is 19.1 Å². The van der Waals surface area contributed by atoms with E-state index in [4.69, 9.17) is 56.8 Å². The molecular formula is C54H67NO16.